The molecule has 0 aromatic carbocycles. The summed E-state index contributed by atoms with van der Waals surface area (Å²) >= 11 is 0. The number of rotatable bonds is 8. The molecule has 0 spiro atoms. The number of nitrogens with one attached hydrogen (secondary N) is 1. The van der Waals surface area contributed by atoms with Gasteiger partial charge in [0.25, 0.3) is 5.91 Å². The lowest BCUT2D eigenvalue weighted by Crippen LogP contribution is -2.51. The van der Waals surface area contributed by atoms with Crippen molar-refractivity contribution < 1.29 is 9.32 Å². The fraction of sp³-hybridized carbons (Fsp3) is 0.733. The minimum Gasteiger partial charge on any atom is -0.361 e. The van der Waals surface area contributed by atoms with Gasteiger partial charge in [-0.05, 0) is 33.4 Å². The van der Waals surface area contributed by atoms with Gasteiger partial charge in [0, 0.05) is 24.6 Å². The third-order valence-electron chi connectivity index (χ3n) is 3.55. The van der Waals surface area contributed by atoms with Crippen molar-refractivity contribution in [1.82, 2.24) is 15.4 Å². The maximum Gasteiger partial charge on any atom is 0.273 e. The monoisotopic (exact) mass is 281 g/mol. The van der Waals surface area contributed by atoms with Crippen LogP contribution in [0.2, 0.25) is 0 Å². The quantitative estimate of drug-likeness (QED) is 0.795. The number of amides is 1. The average Bonchev–Trinajstić information content (AvgIpc) is 2.91. The van der Waals surface area contributed by atoms with Gasteiger partial charge in [-0.15, -0.1) is 0 Å². The number of carbonyl (C=O) groups is 1. The number of aromatic nitrogens is 1. The Morgan fingerprint density at radius 1 is 1.40 bits per heavy atom. The van der Waals surface area contributed by atoms with E-state index in [0.29, 0.717) is 12.2 Å². The van der Waals surface area contributed by atoms with Crippen LogP contribution in [0.25, 0.3) is 0 Å². The molecule has 0 saturated carbocycles. The summed E-state index contributed by atoms with van der Waals surface area (Å²) in [6.07, 6.45) is 1.85. The first-order valence-corrected chi connectivity index (χ1v) is 7.43. The third kappa shape index (κ3) is 4.34. The van der Waals surface area contributed by atoms with Gasteiger partial charge >= 0.3 is 0 Å². The Labute approximate surface area is 121 Å². The standard InChI is InChI=1S/C15H27N3O2/c1-6-9-18(8-3)15(4,5)11-16-14(19)13-10-12(7-2)20-17-13/h10H,6-9,11H2,1-5H3,(H,16,19). The van der Waals surface area contributed by atoms with Crippen LogP contribution in [-0.2, 0) is 6.42 Å². The molecule has 0 unspecified atom stereocenters. The molecule has 0 radical (unpaired) electrons. The van der Waals surface area contributed by atoms with E-state index in [-0.39, 0.29) is 11.4 Å². The van der Waals surface area contributed by atoms with Crippen molar-refractivity contribution in [2.75, 3.05) is 19.6 Å². The molecule has 20 heavy (non-hydrogen) atoms. The number of nitrogens with zero attached hydrogens (tertiary/aromatic N) is 2. The van der Waals surface area contributed by atoms with Crippen molar-refractivity contribution in [3.63, 3.8) is 0 Å². The predicted octanol–water partition coefficient (Wildman–Crippen LogP) is 2.48. The fourth-order valence-electron chi connectivity index (χ4n) is 2.24. The largest absolute Gasteiger partial charge is 0.361 e. The van der Waals surface area contributed by atoms with E-state index < -0.39 is 0 Å². The summed E-state index contributed by atoms with van der Waals surface area (Å²) in [7, 11) is 0. The van der Waals surface area contributed by atoms with Crippen LogP contribution in [0.3, 0.4) is 0 Å². The smallest absolute Gasteiger partial charge is 0.273 e. The average molecular weight is 281 g/mol. The van der Waals surface area contributed by atoms with Gasteiger partial charge in [0.15, 0.2) is 5.69 Å². The highest BCUT2D eigenvalue weighted by molar-refractivity contribution is 5.92. The number of aryl methyl sites for hydroxylation is 1. The number of hydrogen-bond acceptors (Lipinski definition) is 4. The van der Waals surface area contributed by atoms with Crippen molar-refractivity contribution in [2.24, 2.45) is 0 Å². The topological polar surface area (TPSA) is 58.4 Å². The first-order valence-electron chi connectivity index (χ1n) is 7.43. The molecule has 1 N–H and O–H groups in total. The highest BCUT2D eigenvalue weighted by atomic mass is 16.5. The zero-order valence-corrected chi connectivity index (χ0v) is 13.3. The summed E-state index contributed by atoms with van der Waals surface area (Å²) < 4.78 is 5.05. The summed E-state index contributed by atoms with van der Waals surface area (Å²) in [6.45, 7) is 13.2. The van der Waals surface area contributed by atoms with Crippen LogP contribution in [0.4, 0.5) is 0 Å². The van der Waals surface area contributed by atoms with E-state index in [2.05, 4.69) is 43.1 Å². The first-order chi connectivity index (χ1) is 9.44. The van der Waals surface area contributed by atoms with Gasteiger partial charge in [0.05, 0.1) is 0 Å². The third-order valence-corrected chi connectivity index (χ3v) is 3.55. The molecule has 0 aliphatic rings. The van der Waals surface area contributed by atoms with Crippen LogP contribution >= 0.6 is 0 Å². The molecule has 0 atom stereocenters. The van der Waals surface area contributed by atoms with E-state index >= 15 is 0 Å². The van der Waals surface area contributed by atoms with Crippen molar-refractivity contribution in [3.05, 3.63) is 17.5 Å². The molecule has 1 heterocycles. The molecule has 5 heteroatoms. The van der Waals surface area contributed by atoms with E-state index in [4.69, 9.17) is 4.52 Å². The second-order valence-electron chi connectivity index (χ2n) is 5.61. The van der Waals surface area contributed by atoms with Crippen molar-refractivity contribution in [2.45, 2.75) is 53.0 Å². The van der Waals surface area contributed by atoms with Crippen LogP contribution in [0, 0.1) is 0 Å². The summed E-state index contributed by atoms with van der Waals surface area (Å²) in [5.74, 6) is 0.560. The Balaban J connectivity index is 2.58. The Hall–Kier alpha value is -1.36. The minimum atomic E-state index is -0.172. The van der Waals surface area contributed by atoms with E-state index in [1.807, 2.05) is 6.92 Å². The molecule has 0 aliphatic carbocycles. The van der Waals surface area contributed by atoms with Gasteiger partial charge in [-0.1, -0.05) is 25.9 Å². The van der Waals surface area contributed by atoms with Crippen LogP contribution in [0.1, 0.15) is 57.3 Å². The number of likely N-dealkylation sites (N-methyl/N-ethyl adjacent to an activating group) is 1. The molecule has 1 aromatic heterocycles. The Bertz CT molecular complexity index is 427. The van der Waals surface area contributed by atoms with Crippen molar-refractivity contribution >= 4 is 5.91 Å². The van der Waals surface area contributed by atoms with Crippen LogP contribution in [0.5, 0.6) is 0 Å². The van der Waals surface area contributed by atoms with Gasteiger partial charge < -0.3 is 9.84 Å². The fourth-order valence-corrected chi connectivity index (χ4v) is 2.24. The second kappa shape index (κ2) is 7.43. The van der Waals surface area contributed by atoms with Gasteiger partial charge in [-0.2, -0.15) is 0 Å². The van der Waals surface area contributed by atoms with E-state index in [0.717, 1.165) is 31.7 Å². The van der Waals surface area contributed by atoms with Crippen LogP contribution < -0.4 is 5.32 Å². The lowest BCUT2D eigenvalue weighted by Gasteiger charge is -2.37. The van der Waals surface area contributed by atoms with Gasteiger partial charge in [-0.3, -0.25) is 9.69 Å². The van der Waals surface area contributed by atoms with E-state index in [1.165, 1.54) is 0 Å². The lowest BCUT2D eigenvalue weighted by atomic mass is 10.0. The molecule has 1 rings (SSSR count). The molecular weight excluding hydrogens is 254 g/mol. The summed E-state index contributed by atoms with van der Waals surface area (Å²) in [5.41, 5.74) is 0.286. The lowest BCUT2D eigenvalue weighted by molar-refractivity contribution is 0.0867. The number of carbonyl (C=O) groups excluding carboxylic acids is 1. The molecule has 0 fully saturated rings. The highest BCUT2D eigenvalue weighted by Crippen LogP contribution is 2.14. The van der Waals surface area contributed by atoms with Gasteiger partial charge in [0.1, 0.15) is 5.76 Å². The van der Waals surface area contributed by atoms with E-state index in [1.54, 1.807) is 6.07 Å². The van der Waals surface area contributed by atoms with E-state index in [9.17, 15) is 4.79 Å². The predicted molar refractivity (Wildman–Crippen MR) is 79.8 cm³/mol. The molecule has 5 nitrogen and oxygen atoms in total. The summed E-state index contributed by atoms with van der Waals surface area (Å²) in [5, 5.41) is 6.74. The van der Waals surface area contributed by atoms with Crippen molar-refractivity contribution in [1.29, 1.82) is 0 Å². The van der Waals surface area contributed by atoms with Crippen LogP contribution in [-0.4, -0.2) is 41.1 Å². The molecule has 1 amide bonds. The van der Waals surface area contributed by atoms with Crippen molar-refractivity contribution in [3.8, 4) is 0 Å². The maximum atomic E-state index is 12.0. The Morgan fingerprint density at radius 2 is 2.10 bits per heavy atom. The highest BCUT2D eigenvalue weighted by Gasteiger charge is 2.26. The minimum absolute atomic E-state index is 0.0717. The number of hydrogen-bond donors (Lipinski definition) is 1. The molecule has 0 bridgehead atoms. The molecule has 1 aromatic rings. The molecule has 114 valence electrons. The summed E-state index contributed by atoms with van der Waals surface area (Å²) in [6, 6.07) is 1.70. The normalized spacial score (nSPS) is 11.9. The summed E-state index contributed by atoms with van der Waals surface area (Å²) in [4.78, 5) is 14.4. The first kappa shape index (κ1) is 16.7. The maximum absolute atomic E-state index is 12.0. The molecular formula is C15H27N3O2. The SMILES string of the molecule is CCCN(CC)C(C)(C)CNC(=O)c1cc(CC)on1. The zero-order chi connectivity index (χ0) is 15.2. The molecule has 0 aliphatic heterocycles. The van der Waals surface area contributed by atoms with Gasteiger partial charge in [0.2, 0.25) is 0 Å². The van der Waals surface area contributed by atoms with Crippen LogP contribution in [0.15, 0.2) is 10.6 Å². The molecule has 0 saturated heterocycles. The zero-order valence-electron chi connectivity index (χ0n) is 13.3. The second-order valence-corrected chi connectivity index (χ2v) is 5.61. The Morgan fingerprint density at radius 3 is 2.60 bits per heavy atom. The Kier molecular flexibility index (Phi) is 6.20. The van der Waals surface area contributed by atoms with Gasteiger partial charge in [-0.25, -0.2) is 0 Å².